The minimum absolute atomic E-state index is 0.00726. The maximum absolute atomic E-state index is 12.6. The van der Waals surface area contributed by atoms with Crippen LogP contribution in [0.15, 0.2) is 53.4 Å². The van der Waals surface area contributed by atoms with Crippen LogP contribution in [-0.4, -0.2) is 44.3 Å². The molecule has 2 aromatic carbocycles. The van der Waals surface area contributed by atoms with Crippen LogP contribution in [-0.2, 0) is 26.1 Å². The molecule has 156 valence electrons. The minimum atomic E-state index is -3.72. The molecule has 29 heavy (non-hydrogen) atoms. The zero-order valence-electron chi connectivity index (χ0n) is 17.0. The van der Waals surface area contributed by atoms with Crippen molar-refractivity contribution in [3.63, 3.8) is 0 Å². The van der Waals surface area contributed by atoms with Crippen LogP contribution in [0.5, 0.6) is 0 Å². The Labute approximate surface area is 171 Å². The second kappa shape index (κ2) is 9.67. The smallest absolute Gasteiger partial charge is 0.338 e. The number of amides is 1. The van der Waals surface area contributed by atoms with Crippen LogP contribution in [0.4, 0.5) is 0 Å². The van der Waals surface area contributed by atoms with E-state index < -0.39 is 28.5 Å². The van der Waals surface area contributed by atoms with Crippen molar-refractivity contribution in [2.45, 2.75) is 38.3 Å². The summed E-state index contributed by atoms with van der Waals surface area (Å²) in [5.74, 6) is -1.20. The highest BCUT2D eigenvalue weighted by atomic mass is 32.2. The van der Waals surface area contributed by atoms with Gasteiger partial charge in [-0.1, -0.05) is 30.3 Å². The standard InChI is InChI=1S/C21H26N2O5S/c1-15(2)23(4)29(26,27)19-11-7-10-17(12-19)21(25)28-14-20(24)22-13-18-9-6-5-8-16(18)3/h5-12,15H,13-14H2,1-4H3,(H,22,24). The number of ether oxygens (including phenoxy) is 1. The molecule has 1 N–H and O–H groups in total. The molecule has 0 fully saturated rings. The molecule has 0 heterocycles. The number of aryl methyl sites for hydroxylation is 1. The third kappa shape index (κ3) is 5.88. The zero-order chi connectivity index (χ0) is 21.6. The van der Waals surface area contributed by atoms with E-state index in [4.69, 9.17) is 4.74 Å². The van der Waals surface area contributed by atoms with Crippen molar-refractivity contribution in [1.82, 2.24) is 9.62 Å². The van der Waals surface area contributed by atoms with Crippen molar-refractivity contribution in [2.75, 3.05) is 13.7 Å². The summed E-state index contributed by atoms with van der Waals surface area (Å²) in [7, 11) is -2.25. The number of hydrogen-bond acceptors (Lipinski definition) is 5. The summed E-state index contributed by atoms with van der Waals surface area (Å²) >= 11 is 0. The molecule has 2 rings (SSSR count). The van der Waals surface area contributed by atoms with Gasteiger partial charge in [-0.15, -0.1) is 0 Å². The van der Waals surface area contributed by atoms with Gasteiger partial charge in [0.1, 0.15) is 0 Å². The molecule has 8 heteroatoms. The fourth-order valence-corrected chi connectivity index (χ4v) is 3.91. The molecule has 0 saturated carbocycles. The first-order valence-electron chi connectivity index (χ1n) is 9.19. The zero-order valence-corrected chi connectivity index (χ0v) is 17.8. The highest BCUT2D eigenvalue weighted by molar-refractivity contribution is 7.89. The molecule has 0 aromatic heterocycles. The topological polar surface area (TPSA) is 92.8 Å². The van der Waals surface area contributed by atoms with E-state index in [0.717, 1.165) is 11.1 Å². The fraction of sp³-hybridized carbons (Fsp3) is 0.333. The summed E-state index contributed by atoms with van der Waals surface area (Å²) < 4.78 is 31.4. The van der Waals surface area contributed by atoms with Gasteiger partial charge in [-0.2, -0.15) is 4.31 Å². The molecule has 0 aliphatic carbocycles. The molecule has 0 atom stereocenters. The van der Waals surface area contributed by atoms with Gasteiger partial charge < -0.3 is 10.1 Å². The van der Waals surface area contributed by atoms with Gasteiger partial charge in [0, 0.05) is 19.6 Å². The fourth-order valence-electron chi connectivity index (χ4n) is 2.50. The number of hydrogen-bond donors (Lipinski definition) is 1. The Morgan fingerprint density at radius 2 is 1.79 bits per heavy atom. The van der Waals surface area contributed by atoms with Crippen molar-refractivity contribution in [3.8, 4) is 0 Å². The van der Waals surface area contributed by atoms with E-state index in [2.05, 4.69) is 5.32 Å². The van der Waals surface area contributed by atoms with Crippen molar-refractivity contribution in [2.24, 2.45) is 0 Å². The van der Waals surface area contributed by atoms with Crippen LogP contribution in [0.25, 0.3) is 0 Å². The highest BCUT2D eigenvalue weighted by Gasteiger charge is 2.24. The summed E-state index contributed by atoms with van der Waals surface area (Å²) in [6.07, 6.45) is 0. The summed E-state index contributed by atoms with van der Waals surface area (Å²) in [6.45, 7) is 5.33. The van der Waals surface area contributed by atoms with Crippen LogP contribution in [0, 0.1) is 6.92 Å². The maximum atomic E-state index is 12.6. The predicted molar refractivity (Wildman–Crippen MR) is 110 cm³/mol. The van der Waals surface area contributed by atoms with Gasteiger partial charge in [0.2, 0.25) is 10.0 Å². The minimum Gasteiger partial charge on any atom is -0.452 e. The molecular formula is C21H26N2O5S. The second-order valence-corrected chi connectivity index (χ2v) is 8.92. The van der Waals surface area contributed by atoms with E-state index in [9.17, 15) is 18.0 Å². The summed E-state index contributed by atoms with van der Waals surface area (Å²) in [4.78, 5) is 24.2. The number of esters is 1. The number of sulfonamides is 1. The summed E-state index contributed by atoms with van der Waals surface area (Å²) in [6, 6.07) is 13.0. The average molecular weight is 419 g/mol. The quantitative estimate of drug-likeness (QED) is 0.665. The molecule has 0 aliphatic rings. The van der Waals surface area contributed by atoms with E-state index in [1.807, 2.05) is 31.2 Å². The lowest BCUT2D eigenvalue weighted by atomic mass is 10.1. The van der Waals surface area contributed by atoms with Gasteiger partial charge in [0.25, 0.3) is 5.91 Å². The monoisotopic (exact) mass is 418 g/mol. The van der Waals surface area contributed by atoms with Gasteiger partial charge in [0.15, 0.2) is 6.61 Å². The Kier molecular flexibility index (Phi) is 7.53. The molecule has 1 amide bonds. The Morgan fingerprint density at radius 1 is 1.10 bits per heavy atom. The Morgan fingerprint density at radius 3 is 2.45 bits per heavy atom. The van der Waals surface area contributed by atoms with Crippen LogP contribution >= 0.6 is 0 Å². The maximum Gasteiger partial charge on any atom is 0.338 e. The molecular weight excluding hydrogens is 392 g/mol. The molecule has 0 radical (unpaired) electrons. The van der Waals surface area contributed by atoms with Gasteiger partial charge in [0.05, 0.1) is 10.5 Å². The molecule has 0 bridgehead atoms. The Balaban J connectivity index is 1.97. The molecule has 0 spiro atoms. The van der Waals surface area contributed by atoms with Crippen molar-refractivity contribution in [3.05, 3.63) is 65.2 Å². The molecule has 7 nitrogen and oxygen atoms in total. The van der Waals surface area contributed by atoms with Gasteiger partial charge in [-0.3, -0.25) is 4.79 Å². The summed E-state index contributed by atoms with van der Waals surface area (Å²) in [5, 5.41) is 2.69. The van der Waals surface area contributed by atoms with E-state index >= 15 is 0 Å². The first-order chi connectivity index (χ1) is 13.6. The predicted octanol–water partition coefficient (Wildman–Crippen LogP) is 2.50. The highest BCUT2D eigenvalue weighted by Crippen LogP contribution is 2.18. The number of nitrogens with zero attached hydrogens (tertiary/aromatic N) is 1. The van der Waals surface area contributed by atoms with E-state index in [0.29, 0.717) is 6.54 Å². The van der Waals surface area contributed by atoms with Crippen molar-refractivity contribution < 1.29 is 22.7 Å². The van der Waals surface area contributed by atoms with E-state index in [1.54, 1.807) is 13.8 Å². The molecule has 2 aromatic rings. The van der Waals surface area contributed by atoms with E-state index in [1.165, 1.54) is 35.6 Å². The lowest BCUT2D eigenvalue weighted by Crippen LogP contribution is -2.33. The van der Waals surface area contributed by atoms with Crippen LogP contribution in [0.3, 0.4) is 0 Å². The number of carbonyl (C=O) groups is 2. The Bertz CT molecular complexity index is 986. The molecule has 0 saturated heterocycles. The second-order valence-electron chi connectivity index (χ2n) is 6.92. The molecule has 0 aliphatic heterocycles. The normalized spacial score (nSPS) is 11.5. The first-order valence-corrected chi connectivity index (χ1v) is 10.6. The van der Waals surface area contributed by atoms with Crippen LogP contribution in [0.2, 0.25) is 0 Å². The van der Waals surface area contributed by atoms with Crippen LogP contribution in [0.1, 0.15) is 35.3 Å². The van der Waals surface area contributed by atoms with Crippen LogP contribution < -0.4 is 5.32 Å². The lowest BCUT2D eigenvalue weighted by molar-refractivity contribution is -0.124. The third-order valence-electron chi connectivity index (χ3n) is 4.55. The van der Waals surface area contributed by atoms with Gasteiger partial charge >= 0.3 is 5.97 Å². The van der Waals surface area contributed by atoms with E-state index in [-0.39, 0.29) is 16.5 Å². The SMILES string of the molecule is Cc1ccccc1CNC(=O)COC(=O)c1cccc(S(=O)(=O)N(C)C(C)C)c1. The van der Waals surface area contributed by atoms with Gasteiger partial charge in [-0.25, -0.2) is 13.2 Å². The van der Waals surface area contributed by atoms with Crippen molar-refractivity contribution in [1.29, 1.82) is 0 Å². The van der Waals surface area contributed by atoms with Crippen molar-refractivity contribution >= 4 is 21.9 Å². The Hall–Kier alpha value is -2.71. The average Bonchev–Trinajstić information content (AvgIpc) is 2.70. The summed E-state index contributed by atoms with van der Waals surface area (Å²) in [5.41, 5.74) is 2.09. The first kappa shape index (κ1) is 22.6. The number of nitrogens with one attached hydrogen (secondary N) is 1. The number of benzene rings is 2. The molecule has 0 unspecified atom stereocenters. The van der Waals surface area contributed by atoms with Gasteiger partial charge in [-0.05, 0) is 50.1 Å². The number of carbonyl (C=O) groups excluding carboxylic acids is 2. The largest absolute Gasteiger partial charge is 0.452 e. The third-order valence-corrected chi connectivity index (χ3v) is 6.58. The lowest BCUT2D eigenvalue weighted by Gasteiger charge is -2.21. The number of rotatable bonds is 8.